The maximum absolute atomic E-state index is 14.6. The van der Waals surface area contributed by atoms with E-state index >= 15 is 0 Å². The number of benzene rings is 1. The number of carbonyl (C=O) groups is 1. The molecule has 1 unspecified atom stereocenters. The summed E-state index contributed by atoms with van der Waals surface area (Å²) in [6.45, 7) is 3.83. The summed E-state index contributed by atoms with van der Waals surface area (Å²) in [5.74, 6) is -2.17. The zero-order valence-corrected chi connectivity index (χ0v) is 16.0. The minimum absolute atomic E-state index is 0.147. The number of amides is 1. The number of anilines is 1. The minimum Gasteiger partial charge on any atom is -0.464 e. The summed E-state index contributed by atoms with van der Waals surface area (Å²) >= 11 is 0. The third kappa shape index (κ3) is 4.24. The number of hydrogen-bond donors (Lipinski definition) is 2. The predicted molar refractivity (Wildman–Crippen MR) is 94.5 cm³/mol. The average Bonchev–Trinajstić information content (AvgIpc) is 2.95. The number of amidine groups is 1. The molecule has 2 aliphatic rings. The molecule has 11 heteroatoms. The van der Waals surface area contributed by atoms with Crippen molar-refractivity contribution in [3.05, 3.63) is 29.6 Å². The molecule has 7 nitrogen and oxygen atoms in total. The van der Waals surface area contributed by atoms with Gasteiger partial charge in [-0.25, -0.2) is 19.5 Å². The molecule has 0 bridgehead atoms. The molecule has 0 aliphatic carbocycles. The van der Waals surface area contributed by atoms with Gasteiger partial charge in [-0.1, -0.05) is 0 Å². The van der Waals surface area contributed by atoms with Crippen molar-refractivity contribution >= 4 is 17.8 Å². The maximum Gasteiger partial charge on any atom is 0.415 e. The summed E-state index contributed by atoms with van der Waals surface area (Å²) in [7, 11) is 0. The monoisotopic (exact) mass is 419 g/mol. The van der Waals surface area contributed by atoms with Crippen LogP contribution in [0.5, 0.6) is 0 Å². The van der Waals surface area contributed by atoms with Crippen LogP contribution in [0, 0.1) is 11.7 Å². The van der Waals surface area contributed by atoms with Gasteiger partial charge in [-0.05, 0) is 39.0 Å². The fourth-order valence-electron chi connectivity index (χ4n) is 3.40. The van der Waals surface area contributed by atoms with E-state index < -0.39 is 54.5 Å². The van der Waals surface area contributed by atoms with Crippen LogP contribution in [0.2, 0.25) is 0 Å². The first kappa shape index (κ1) is 21.2. The number of fused-ring (bicyclic) bond motifs is 1. The predicted octanol–water partition coefficient (Wildman–Crippen LogP) is 3.09. The molecule has 1 aromatic rings. The standard InChI is InChI=1S/C18H21F4N3O4/c1-16(2,3)29-15(26)24-14-25-17(10-6-9(23)4-5-12(10)19)8-28-13(18(20,21)22)11(17)7-27-14/h4-6,11,13H,7-8,23H2,1-3H3,(H,24,25,26)/t11?,13-,17+/m0/s1. The lowest BCUT2D eigenvalue weighted by atomic mass is 9.77. The Morgan fingerprint density at radius 1 is 1.34 bits per heavy atom. The average molecular weight is 419 g/mol. The second kappa shape index (κ2) is 7.05. The fourth-order valence-corrected chi connectivity index (χ4v) is 3.40. The Balaban J connectivity index is 2.02. The van der Waals surface area contributed by atoms with Gasteiger partial charge >= 0.3 is 12.3 Å². The quantitative estimate of drug-likeness (QED) is 0.539. The second-order valence-corrected chi connectivity index (χ2v) is 7.90. The lowest BCUT2D eigenvalue weighted by Gasteiger charge is -2.37. The van der Waals surface area contributed by atoms with E-state index in [4.69, 9.17) is 19.9 Å². The highest BCUT2D eigenvalue weighted by molar-refractivity contribution is 5.91. The zero-order chi connectivity index (χ0) is 21.6. The third-order valence-electron chi connectivity index (χ3n) is 4.55. The van der Waals surface area contributed by atoms with E-state index in [9.17, 15) is 22.4 Å². The van der Waals surface area contributed by atoms with Gasteiger partial charge in [-0.2, -0.15) is 13.2 Å². The Bertz CT molecular complexity index is 837. The van der Waals surface area contributed by atoms with Crippen molar-refractivity contribution in [2.75, 3.05) is 18.9 Å². The number of nitrogens with zero attached hydrogens (tertiary/aromatic N) is 1. The molecule has 2 heterocycles. The van der Waals surface area contributed by atoms with Crippen molar-refractivity contribution in [3.8, 4) is 0 Å². The number of alkyl carbamates (subject to hydrolysis) is 1. The molecule has 0 spiro atoms. The van der Waals surface area contributed by atoms with E-state index in [1.165, 1.54) is 12.1 Å². The van der Waals surface area contributed by atoms with Gasteiger partial charge in [0, 0.05) is 11.3 Å². The number of hydrogen-bond acceptors (Lipinski definition) is 6. The Morgan fingerprint density at radius 2 is 2.03 bits per heavy atom. The van der Waals surface area contributed by atoms with E-state index in [1.807, 2.05) is 0 Å². The summed E-state index contributed by atoms with van der Waals surface area (Å²) in [6, 6.07) is 3.15. The smallest absolute Gasteiger partial charge is 0.415 e. The van der Waals surface area contributed by atoms with Crippen molar-refractivity contribution in [2.45, 2.75) is 44.2 Å². The Hall–Kier alpha value is -2.56. The molecule has 3 atom stereocenters. The molecular weight excluding hydrogens is 398 g/mol. The van der Waals surface area contributed by atoms with Gasteiger partial charge in [0.1, 0.15) is 17.0 Å². The second-order valence-electron chi connectivity index (χ2n) is 7.90. The molecule has 1 saturated heterocycles. The van der Waals surface area contributed by atoms with Crippen molar-refractivity contribution in [3.63, 3.8) is 0 Å². The molecular formula is C18H21F4N3O4. The normalized spacial score (nSPS) is 26.9. The lowest BCUT2D eigenvalue weighted by Crippen LogP contribution is -2.50. The van der Waals surface area contributed by atoms with Crippen molar-refractivity contribution in [1.29, 1.82) is 0 Å². The topological polar surface area (TPSA) is 95.2 Å². The summed E-state index contributed by atoms with van der Waals surface area (Å²) in [5.41, 5.74) is 3.10. The minimum atomic E-state index is -4.71. The van der Waals surface area contributed by atoms with E-state index in [2.05, 4.69) is 10.3 Å². The van der Waals surface area contributed by atoms with E-state index in [0.29, 0.717) is 0 Å². The molecule has 3 N–H and O–H groups in total. The first-order valence-corrected chi connectivity index (χ1v) is 8.78. The van der Waals surface area contributed by atoms with Crippen LogP contribution in [0.3, 0.4) is 0 Å². The van der Waals surface area contributed by atoms with Gasteiger partial charge in [-0.15, -0.1) is 0 Å². The van der Waals surface area contributed by atoms with Crippen LogP contribution in [0.4, 0.5) is 28.0 Å². The SMILES string of the molecule is CC(C)(C)OC(=O)NC1=N[C@@]2(c3cc(N)ccc3F)CO[C@H](C(F)(F)F)C2CO1. The third-order valence-corrected chi connectivity index (χ3v) is 4.55. The van der Waals surface area contributed by atoms with Gasteiger partial charge in [0.05, 0.1) is 19.1 Å². The van der Waals surface area contributed by atoms with E-state index in [0.717, 1.165) is 6.07 Å². The van der Waals surface area contributed by atoms with Crippen molar-refractivity contribution in [1.82, 2.24) is 5.32 Å². The Kier molecular flexibility index (Phi) is 5.14. The zero-order valence-electron chi connectivity index (χ0n) is 16.0. The number of nitrogen functional groups attached to an aromatic ring is 1. The van der Waals surface area contributed by atoms with Gasteiger partial charge in [0.2, 0.25) is 0 Å². The highest BCUT2D eigenvalue weighted by Gasteiger charge is 2.62. The molecule has 29 heavy (non-hydrogen) atoms. The number of aliphatic imine (C=N–C) groups is 1. The van der Waals surface area contributed by atoms with Crippen LogP contribution in [0.15, 0.2) is 23.2 Å². The molecule has 0 saturated carbocycles. The Labute approximate surface area is 164 Å². The summed E-state index contributed by atoms with van der Waals surface area (Å²) in [4.78, 5) is 16.1. The van der Waals surface area contributed by atoms with Crippen LogP contribution in [0.1, 0.15) is 26.3 Å². The van der Waals surface area contributed by atoms with Gasteiger partial charge in [-0.3, -0.25) is 0 Å². The molecule has 1 aromatic carbocycles. The highest BCUT2D eigenvalue weighted by atomic mass is 19.4. The van der Waals surface area contributed by atoms with Gasteiger partial charge in [0.15, 0.2) is 6.10 Å². The van der Waals surface area contributed by atoms with E-state index in [-0.39, 0.29) is 17.3 Å². The van der Waals surface area contributed by atoms with Crippen LogP contribution in [0.25, 0.3) is 0 Å². The molecule has 1 fully saturated rings. The van der Waals surface area contributed by atoms with Crippen LogP contribution in [-0.2, 0) is 19.7 Å². The first-order chi connectivity index (χ1) is 13.3. The number of nitrogens with one attached hydrogen (secondary N) is 1. The Morgan fingerprint density at radius 3 is 2.66 bits per heavy atom. The number of carbonyl (C=O) groups excluding carboxylic acids is 1. The first-order valence-electron chi connectivity index (χ1n) is 8.78. The maximum atomic E-state index is 14.6. The summed E-state index contributed by atoms with van der Waals surface area (Å²) < 4.78 is 70.3. The largest absolute Gasteiger partial charge is 0.464 e. The molecule has 0 aromatic heterocycles. The van der Waals surface area contributed by atoms with Crippen LogP contribution < -0.4 is 11.1 Å². The molecule has 1 amide bonds. The molecule has 3 rings (SSSR count). The highest BCUT2D eigenvalue weighted by Crippen LogP contribution is 2.50. The molecule has 2 aliphatic heterocycles. The lowest BCUT2D eigenvalue weighted by molar-refractivity contribution is -0.219. The van der Waals surface area contributed by atoms with E-state index in [1.54, 1.807) is 20.8 Å². The molecule has 0 radical (unpaired) electrons. The van der Waals surface area contributed by atoms with Crippen molar-refractivity contribution < 1.29 is 36.6 Å². The number of nitrogens with two attached hydrogens (primary N) is 1. The van der Waals surface area contributed by atoms with Crippen molar-refractivity contribution in [2.24, 2.45) is 10.9 Å². The summed E-state index contributed by atoms with van der Waals surface area (Å²) in [5, 5.41) is 2.25. The number of alkyl halides is 3. The number of rotatable bonds is 1. The summed E-state index contributed by atoms with van der Waals surface area (Å²) in [6.07, 6.45) is -7.84. The van der Waals surface area contributed by atoms with Crippen LogP contribution in [-0.4, -0.2) is 43.2 Å². The molecule has 160 valence electrons. The number of halogens is 4. The van der Waals surface area contributed by atoms with Crippen LogP contribution >= 0.6 is 0 Å². The van der Waals surface area contributed by atoms with Gasteiger partial charge < -0.3 is 19.9 Å². The number of ether oxygens (including phenoxy) is 3. The van der Waals surface area contributed by atoms with Gasteiger partial charge in [0.25, 0.3) is 6.02 Å². The fraction of sp³-hybridized carbons (Fsp3) is 0.556.